The monoisotopic (exact) mass is 388 g/mol. The Hall–Kier alpha value is -3.03. The molecule has 150 valence electrons. The molecule has 0 bridgehead atoms. The van der Waals surface area contributed by atoms with Gasteiger partial charge in [0, 0.05) is 29.9 Å². The number of hydrogen-bond donors (Lipinski definition) is 3. The number of anilines is 3. The van der Waals surface area contributed by atoms with Crippen molar-refractivity contribution in [3.8, 4) is 11.5 Å². The largest absolute Gasteiger partial charge is 0.497 e. The van der Waals surface area contributed by atoms with Gasteiger partial charge in [0.15, 0.2) is 11.6 Å². The van der Waals surface area contributed by atoms with Gasteiger partial charge >= 0.3 is 0 Å². The SMILES string of the molecule is COc1cc(Nc2nc(NC3CCCCC3)c(F)cc2C(N)=O)cc(OC)c1. The molecule has 0 atom stereocenters. The Morgan fingerprint density at radius 2 is 1.71 bits per heavy atom. The van der Waals surface area contributed by atoms with Crippen LogP contribution in [-0.4, -0.2) is 31.2 Å². The molecule has 4 N–H and O–H groups in total. The van der Waals surface area contributed by atoms with Crippen LogP contribution < -0.4 is 25.8 Å². The Bertz CT molecular complexity index is 831. The second kappa shape index (κ2) is 8.77. The molecule has 2 aromatic rings. The first-order valence-corrected chi connectivity index (χ1v) is 9.27. The van der Waals surface area contributed by atoms with Crippen LogP contribution in [0, 0.1) is 5.82 Å². The Labute approximate surface area is 163 Å². The number of nitrogens with one attached hydrogen (secondary N) is 2. The van der Waals surface area contributed by atoms with Crippen molar-refractivity contribution in [2.75, 3.05) is 24.9 Å². The smallest absolute Gasteiger partial charge is 0.252 e. The molecular formula is C20H25FN4O3. The number of hydrogen-bond acceptors (Lipinski definition) is 6. The van der Waals surface area contributed by atoms with E-state index in [1.807, 2.05) is 0 Å². The number of pyridine rings is 1. The van der Waals surface area contributed by atoms with Crippen LogP contribution in [0.2, 0.25) is 0 Å². The Morgan fingerprint density at radius 3 is 2.29 bits per heavy atom. The number of aromatic nitrogens is 1. The lowest BCUT2D eigenvalue weighted by Gasteiger charge is -2.24. The van der Waals surface area contributed by atoms with Crippen LogP contribution in [0.25, 0.3) is 0 Å². The highest BCUT2D eigenvalue weighted by atomic mass is 19.1. The second-order valence-electron chi connectivity index (χ2n) is 6.78. The molecule has 3 rings (SSSR count). The van der Waals surface area contributed by atoms with Crippen molar-refractivity contribution in [1.82, 2.24) is 4.98 Å². The van der Waals surface area contributed by atoms with Gasteiger partial charge in [-0.2, -0.15) is 0 Å². The van der Waals surface area contributed by atoms with Gasteiger partial charge in [0.2, 0.25) is 0 Å². The number of carbonyl (C=O) groups is 1. The quantitative estimate of drug-likeness (QED) is 0.667. The van der Waals surface area contributed by atoms with Gasteiger partial charge in [-0.3, -0.25) is 4.79 Å². The van der Waals surface area contributed by atoms with Crippen molar-refractivity contribution in [3.05, 3.63) is 35.6 Å². The van der Waals surface area contributed by atoms with E-state index >= 15 is 0 Å². The number of nitrogens with two attached hydrogens (primary N) is 1. The molecule has 1 aromatic heterocycles. The van der Waals surface area contributed by atoms with E-state index in [2.05, 4.69) is 15.6 Å². The average molecular weight is 388 g/mol. The molecule has 0 saturated heterocycles. The molecule has 0 unspecified atom stereocenters. The zero-order chi connectivity index (χ0) is 20.1. The number of benzene rings is 1. The molecule has 1 fully saturated rings. The van der Waals surface area contributed by atoms with Gasteiger partial charge in [-0.1, -0.05) is 19.3 Å². The number of primary amides is 1. The van der Waals surface area contributed by atoms with Crippen LogP contribution >= 0.6 is 0 Å². The normalized spacial score (nSPS) is 14.4. The molecule has 1 heterocycles. The molecule has 0 radical (unpaired) electrons. The Morgan fingerprint density at radius 1 is 1.07 bits per heavy atom. The third-order valence-corrected chi connectivity index (χ3v) is 4.80. The number of amides is 1. The number of nitrogens with zero attached hydrogens (tertiary/aromatic N) is 1. The minimum Gasteiger partial charge on any atom is -0.497 e. The third kappa shape index (κ3) is 4.62. The highest BCUT2D eigenvalue weighted by Gasteiger charge is 2.20. The lowest BCUT2D eigenvalue weighted by molar-refractivity contribution is 0.100. The molecule has 1 aliphatic rings. The first kappa shape index (κ1) is 19.7. The average Bonchev–Trinajstić information content (AvgIpc) is 2.70. The number of carbonyl (C=O) groups excluding carboxylic acids is 1. The summed E-state index contributed by atoms with van der Waals surface area (Å²) in [6.07, 6.45) is 5.34. The van der Waals surface area contributed by atoms with Crippen LogP contribution in [0.1, 0.15) is 42.5 Å². The van der Waals surface area contributed by atoms with Gasteiger partial charge in [0.05, 0.1) is 19.8 Å². The first-order valence-electron chi connectivity index (χ1n) is 9.27. The zero-order valence-electron chi connectivity index (χ0n) is 16.0. The number of ether oxygens (including phenoxy) is 2. The fourth-order valence-corrected chi connectivity index (χ4v) is 3.33. The van der Waals surface area contributed by atoms with E-state index in [9.17, 15) is 9.18 Å². The van der Waals surface area contributed by atoms with Crippen molar-refractivity contribution in [2.45, 2.75) is 38.1 Å². The summed E-state index contributed by atoms with van der Waals surface area (Å²) in [6.45, 7) is 0. The maximum absolute atomic E-state index is 14.5. The van der Waals surface area contributed by atoms with Gasteiger partial charge in [-0.25, -0.2) is 9.37 Å². The molecule has 0 spiro atoms. The fraction of sp³-hybridized carbons (Fsp3) is 0.400. The van der Waals surface area contributed by atoms with Crippen LogP contribution in [0.3, 0.4) is 0 Å². The summed E-state index contributed by atoms with van der Waals surface area (Å²) in [7, 11) is 3.07. The van der Waals surface area contributed by atoms with Crippen LogP contribution in [0.15, 0.2) is 24.3 Å². The predicted molar refractivity (Wildman–Crippen MR) is 106 cm³/mol. The molecule has 28 heavy (non-hydrogen) atoms. The van der Waals surface area contributed by atoms with E-state index in [4.69, 9.17) is 15.2 Å². The van der Waals surface area contributed by atoms with Gasteiger partial charge < -0.3 is 25.8 Å². The van der Waals surface area contributed by atoms with Crippen molar-refractivity contribution in [2.24, 2.45) is 5.73 Å². The van der Waals surface area contributed by atoms with Gasteiger partial charge in [-0.05, 0) is 18.9 Å². The van der Waals surface area contributed by atoms with E-state index in [-0.39, 0.29) is 23.2 Å². The molecule has 1 amide bonds. The molecule has 7 nitrogen and oxygen atoms in total. The van der Waals surface area contributed by atoms with Crippen molar-refractivity contribution in [1.29, 1.82) is 0 Å². The summed E-state index contributed by atoms with van der Waals surface area (Å²) in [4.78, 5) is 16.1. The highest BCUT2D eigenvalue weighted by Crippen LogP contribution is 2.30. The van der Waals surface area contributed by atoms with Crippen molar-refractivity contribution >= 4 is 23.2 Å². The highest BCUT2D eigenvalue weighted by molar-refractivity contribution is 5.98. The molecule has 0 aliphatic heterocycles. The Balaban J connectivity index is 1.93. The van der Waals surface area contributed by atoms with Crippen LogP contribution in [0.4, 0.5) is 21.7 Å². The second-order valence-corrected chi connectivity index (χ2v) is 6.78. The molecule has 1 saturated carbocycles. The van der Waals surface area contributed by atoms with Crippen LogP contribution in [-0.2, 0) is 0 Å². The molecule has 1 aromatic carbocycles. The summed E-state index contributed by atoms with van der Waals surface area (Å²) in [5.41, 5.74) is 5.97. The van der Waals surface area contributed by atoms with Gasteiger partial charge in [-0.15, -0.1) is 0 Å². The Kier molecular flexibility index (Phi) is 6.18. The fourth-order valence-electron chi connectivity index (χ4n) is 3.33. The number of methoxy groups -OCH3 is 2. The topological polar surface area (TPSA) is 98.5 Å². The van der Waals surface area contributed by atoms with E-state index in [0.29, 0.717) is 17.2 Å². The molecule has 8 heteroatoms. The van der Waals surface area contributed by atoms with Crippen LogP contribution in [0.5, 0.6) is 11.5 Å². The standard InChI is InChI=1S/C20H25FN4O3/c1-27-14-8-13(9-15(10-14)28-2)24-19-16(18(22)26)11-17(21)20(25-19)23-12-6-4-3-5-7-12/h8-12H,3-7H2,1-2H3,(H2,22,26)(H2,23,24,25). The molecule has 1 aliphatic carbocycles. The summed E-state index contributed by atoms with van der Waals surface area (Å²) in [6, 6.07) is 6.42. The summed E-state index contributed by atoms with van der Waals surface area (Å²) in [5, 5.41) is 6.19. The first-order chi connectivity index (χ1) is 13.5. The van der Waals surface area contributed by atoms with E-state index in [1.165, 1.54) is 20.6 Å². The summed E-state index contributed by atoms with van der Waals surface area (Å²) >= 11 is 0. The summed E-state index contributed by atoms with van der Waals surface area (Å²) in [5.74, 6) is 0.0215. The van der Waals surface area contributed by atoms with E-state index in [0.717, 1.165) is 31.7 Å². The third-order valence-electron chi connectivity index (χ3n) is 4.80. The number of halogens is 1. The van der Waals surface area contributed by atoms with Crippen molar-refractivity contribution < 1.29 is 18.7 Å². The summed E-state index contributed by atoms with van der Waals surface area (Å²) < 4.78 is 25.0. The maximum Gasteiger partial charge on any atom is 0.252 e. The van der Waals surface area contributed by atoms with Gasteiger partial charge in [0.1, 0.15) is 17.3 Å². The van der Waals surface area contributed by atoms with E-state index in [1.54, 1.807) is 18.2 Å². The lowest BCUT2D eigenvalue weighted by Crippen LogP contribution is -2.24. The number of rotatable bonds is 7. The molecular weight excluding hydrogens is 363 g/mol. The van der Waals surface area contributed by atoms with E-state index < -0.39 is 11.7 Å². The minimum atomic E-state index is -0.770. The predicted octanol–water partition coefficient (Wildman–Crippen LogP) is 3.83. The maximum atomic E-state index is 14.5. The lowest BCUT2D eigenvalue weighted by atomic mass is 9.95. The zero-order valence-corrected chi connectivity index (χ0v) is 16.0. The minimum absolute atomic E-state index is 0.0338. The van der Waals surface area contributed by atoms with Crippen molar-refractivity contribution in [3.63, 3.8) is 0 Å². The van der Waals surface area contributed by atoms with Gasteiger partial charge in [0.25, 0.3) is 5.91 Å².